The normalized spacial score (nSPS) is 10.8. The van der Waals surface area contributed by atoms with Crippen LogP contribution in [0.15, 0.2) is 53.1 Å². The molecule has 5 nitrogen and oxygen atoms in total. The van der Waals surface area contributed by atoms with Crippen molar-refractivity contribution in [1.82, 2.24) is 10.1 Å². The molecule has 0 aliphatic carbocycles. The number of carbonyl (C=O) groups is 1. The maximum Gasteiger partial charge on any atom is 0.227 e. The molecule has 2 aromatic carbocycles. The summed E-state index contributed by atoms with van der Waals surface area (Å²) >= 11 is 0. The van der Waals surface area contributed by atoms with Crippen LogP contribution in [0.1, 0.15) is 31.7 Å². The summed E-state index contributed by atoms with van der Waals surface area (Å²) in [4.78, 5) is 18.5. The third-order valence-electron chi connectivity index (χ3n) is 4.41. The van der Waals surface area contributed by atoms with Crippen molar-refractivity contribution >= 4 is 11.6 Å². The van der Waals surface area contributed by atoms with Gasteiger partial charge >= 0.3 is 0 Å². The Morgan fingerprint density at radius 3 is 2.52 bits per heavy atom. The summed E-state index contributed by atoms with van der Waals surface area (Å²) in [7, 11) is 0. The van der Waals surface area contributed by atoms with Crippen molar-refractivity contribution in [2.75, 3.05) is 11.4 Å². The number of halogens is 1. The fraction of sp³-hybridized carbons (Fsp3) is 0.286. The van der Waals surface area contributed by atoms with Crippen molar-refractivity contribution < 1.29 is 13.7 Å². The molecule has 0 bridgehead atoms. The number of benzene rings is 2. The van der Waals surface area contributed by atoms with E-state index in [1.807, 2.05) is 31.2 Å². The molecule has 0 spiro atoms. The second-order valence-corrected chi connectivity index (χ2v) is 6.15. The number of nitrogens with zero attached hydrogens (tertiary/aromatic N) is 3. The van der Waals surface area contributed by atoms with Crippen LogP contribution in [0.2, 0.25) is 0 Å². The average molecular weight is 367 g/mol. The second-order valence-electron chi connectivity index (χ2n) is 6.15. The molecule has 0 saturated carbocycles. The summed E-state index contributed by atoms with van der Waals surface area (Å²) in [6, 6.07) is 14.2. The molecule has 1 heterocycles. The van der Waals surface area contributed by atoms with Crippen molar-refractivity contribution in [3.63, 3.8) is 0 Å². The maximum atomic E-state index is 13.8. The van der Waals surface area contributed by atoms with E-state index < -0.39 is 5.82 Å². The number of rotatable bonds is 7. The van der Waals surface area contributed by atoms with Crippen LogP contribution in [0.3, 0.4) is 0 Å². The first kappa shape index (κ1) is 18.8. The molecule has 0 fully saturated rings. The van der Waals surface area contributed by atoms with Crippen molar-refractivity contribution in [2.24, 2.45) is 0 Å². The number of anilines is 1. The summed E-state index contributed by atoms with van der Waals surface area (Å²) in [6.45, 7) is 4.61. The van der Waals surface area contributed by atoms with Gasteiger partial charge in [-0.2, -0.15) is 4.98 Å². The van der Waals surface area contributed by atoms with E-state index in [2.05, 4.69) is 17.1 Å². The first-order chi connectivity index (χ1) is 13.1. The van der Waals surface area contributed by atoms with E-state index >= 15 is 0 Å². The third-order valence-corrected chi connectivity index (χ3v) is 4.41. The van der Waals surface area contributed by atoms with Gasteiger partial charge in [-0.05, 0) is 43.2 Å². The van der Waals surface area contributed by atoms with Crippen molar-refractivity contribution in [2.45, 2.75) is 33.1 Å². The largest absolute Gasteiger partial charge is 0.339 e. The lowest BCUT2D eigenvalue weighted by Gasteiger charge is -2.21. The summed E-state index contributed by atoms with van der Waals surface area (Å²) in [5.41, 5.74) is 2.39. The van der Waals surface area contributed by atoms with E-state index in [0.717, 1.165) is 12.1 Å². The fourth-order valence-corrected chi connectivity index (χ4v) is 2.87. The zero-order valence-electron chi connectivity index (χ0n) is 15.5. The lowest BCUT2D eigenvalue weighted by Crippen LogP contribution is -2.30. The van der Waals surface area contributed by atoms with Crippen molar-refractivity contribution in [3.05, 3.63) is 65.8 Å². The summed E-state index contributed by atoms with van der Waals surface area (Å²) < 4.78 is 19.0. The number of hydrogen-bond acceptors (Lipinski definition) is 4. The summed E-state index contributed by atoms with van der Waals surface area (Å²) in [5.74, 6) is 0.0815. The first-order valence-electron chi connectivity index (χ1n) is 9.09. The SMILES string of the molecule is CCc1ccc(N(CC)C(=O)CCc2nc(-c3ccccc3F)no2)cc1. The minimum atomic E-state index is -0.409. The highest BCUT2D eigenvalue weighted by Crippen LogP contribution is 2.20. The van der Waals surface area contributed by atoms with Gasteiger partial charge in [-0.3, -0.25) is 4.79 Å². The summed E-state index contributed by atoms with van der Waals surface area (Å²) in [5, 5.41) is 3.82. The van der Waals surface area contributed by atoms with Gasteiger partial charge < -0.3 is 9.42 Å². The molecule has 1 amide bonds. The van der Waals surface area contributed by atoms with E-state index in [1.165, 1.54) is 11.6 Å². The topological polar surface area (TPSA) is 59.2 Å². The van der Waals surface area contributed by atoms with Gasteiger partial charge in [-0.25, -0.2) is 4.39 Å². The highest BCUT2D eigenvalue weighted by atomic mass is 19.1. The first-order valence-corrected chi connectivity index (χ1v) is 9.09. The quantitative estimate of drug-likeness (QED) is 0.620. The number of carbonyl (C=O) groups excluding carboxylic acids is 1. The Bertz CT molecular complexity index is 906. The zero-order chi connectivity index (χ0) is 19.2. The maximum absolute atomic E-state index is 13.8. The average Bonchev–Trinajstić information content (AvgIpc) is 3.16. The standard InChI is InChI=1S/C21H22FN3O2/c1-3-15-9-11-16(12-10-15)25(4-2)20(26)14-13-19-23-21(24-27-19)17-7-5-6-8-18(17)22/h5-12H,3-4,13-14H2,1-2H3. The molecule has 0 atom stereocenters. The molecule has 0 saturated heterocycles. The molecular weight excluding hydrogens is 345 g/mol. The molecule has 0 radical (unpaired) electrons. The predicted molar refractivity (Wildman–Crippen MR) is 102 cm³/mol. The number of hydrogen-bond donors (Lipinski definition) is 0. The molecule has 3 aromatic rings. The van der Waals surface area contributed by atoms with Crippen LogP contribution in [-0.4, -0.2) is 22.6 Å². The van der Waals surface area contributed by atoms with Gasteiger partial charge in [-0.1, -0.05) is 36.3 Å². The Labute approximate surface area is 157 Å². The zero-order valence-corrected chi connectivity index (χ0v) is 15.5. The van der Waals surface area contributed by atoms with Gasteiger partial charge in [0.25, 0.3) is 0 Å². The lowest BCUT2D eigenvalue weighted by molar-refractivity contribution is -0.118. The van der Waals surface area contributed by atoms with E-state index in [-0.39, 0.29) is 23.7 Å². The molecule has 1 aromatic heterocycles. The number of amides is 1. The van der Waals surface area contributed by atoms with Gasteiger partial charge in [0.2, 0.25) is 17.6 Å². The molecule has 140 valence electrons. The second kappa shape index (κ2) is 8.58. The van der Waals surface area contributed by atoms with Crippen LogP contribution in [-0.2, 0) is 17.6 Å². The molecule has 0 aliphatic heterocycles. The third kappa shape index (κ3) is 4.39. The van der Waals surface area contributed by atoms with E-state index in [0.29, 0.717) is 18.9 Å². The van der Waals surface area contributed by atoms with E-state index in [9.17, 15) is 9.18 Å². The predicted octanol–water partition coefficient (Wildman–Crippen LogP) is 4.42. The van der Waals surface area contributed by atoms with Gasteiger partial charge in [0.15, 0.2) is 0 Å². The number of aryl methyl sites for hydroxylation is 2. The summed E-state index contributed by atoms with van der Waals surface area (Å²) in [6.07, 6.45) is 1.51. The van der Waals surface area contributed by atoms with Crippen LogP contribution >= 0.6 is 0 Å². The van der Waals surface area contributed by atoms with Crippen LogP contribution in [0.5, 0.6) is 0 Å². The molecular formula is C21H22FN3O2. The molecule has 0 aliphatic rings. The smallest absolute Gasteiger partial charge is 0.227 e. The Hall–Kier alpha value is -3.02. The Morgan fingerprint density at radius 2 is 1.85 bits per heavy atom. The molecule has 6 heteroatoms. The molecule has 3 rings (SSSR count). The van der Waals surface area contributed by atoms with Gasteiger partial charge in [0.05, 0.1) is 5.56 Å². The highest BCUT2D eigenvalue weighted by molar-refractivity contribution is 5.93. The molecule has 0 N–H and O–H groups in total. The van der Waals surface area contributed by atoms with Crippen molar-refractivity contribution in [1.29, 1.82) is 0 Å². The Morgan fingerprint density at radius 1 is 1.11 bits per heavy atom. The van der Waals surface area contributed by atoms with E-state index in [1.54, 1.807) is 23.1 Å². The highest BCUT2D eigenvalue weighted by Gasteiger charge is 2.17. The van der Waals surface area contributed by atoms with Gasteiger partial charge in [-0.15, -0.1) is 0 Å². The van der Waals surface area contributed by atoms with Crippen molar-refractivity contribution in [3.8, 4) is 11.4 Å². The van der Waals surface area contributed by atoms with Gasteiger partial charge in [0, 0.05) is 25.1 Å². The molecule has 0 unspecified atom stereocenters. The minimum absolute atomic E-state index is 0.0209. The van der Waals surface area contributed by atoms with Gasteiger partial charge in [0.1, 0.15) is 5.82 Å². The fourth-order valence-electron chi connectivity index (χ4n) is 2.87. The van der Waals surface area contributed by atoms with E-state index in [4.69, 9.17) is 4.52 Å². The lowest BCUT2D eigenvalue weighted by atomic mass is 10.1. The van der Waals surface area contributed by atoms with Crippen LogP contribution in [0.4, 0.5) is 10.1 Å². The van der Waals surface area contributed by atoms with Crippen LogP contribution < -0.4 is 4.90 Å². The Balaban J connectivity index is 1.65. The molecule has 27 heavy (non-hydrogen) atoms. The monoisotopic (exact) mass is 367 g/mol. The van der Waals surface area contributed by atoms with Crippen LogP contribution in [0, 0.1) is 5.82 Å². The minimum Gasteiger partial charge on any atom is -0.339 e. The van der Waals surface area contributed by atoms with Crippen LogP contribution in [0.25, 0.3) is 11.4 Å². The Kier molecular flexibility index (Phi) is 5.96. The number of aromatic nitrogens is 2.